The Morgan fingerprint density at radius 2 is 1.83 bits per heavy atom. The van der Waals surface area contributed by atoms with Crippen molar-refractivity contribution in [2.75, 3.05) is 25.1 Å². The smallest absolute Gasteiger partial charge is 0.350 e. The topological polar surface area (TPSA) is 131 Å². The van der Waals surface area contributed by atoms with Crippen molar-refractivity contribution in [1.29, 1.82) is 0 Å². The summed E-state index contributed by atoms with van der Waals surface area (Å²) in [5.74, 6) is -2.58. The van der Waals surface area contributed by atoms with E-state index in [4.69, 9.17) is 9.47 Å². The maximum atomic E-state index is 12.6. The number of imide groups is 1. The van der Waals surface area contributed by atoms with Crippen molar-refractivity contribution in [1.82, 2.24) is 10.2 Å². The number of nitrogens with zero attached hydrogens (tertiary/aromatic N) is 1. The Morgan fingerprint density at radius 3 is 2.51 bits per heavy atom. The predicted octanol–water partition coefficient (Wildman–Crippen LogP) is 2.94. The molecular formula is C24H25N3O7S. The minimum absolute atomic E-state index is 0.173. The van der Waals surface area contributed by atoms with E-state index in [2.05, 4.69) is 10.6 Å². The molecule has 184 valence electrons. The van der Waals surface area contributed by atoms with Crippen LogP contribution in [0, 0.1) is 0 Å². The highest BCUT2D eigenvalue weighted by molar-refractivity contribution is 7.18. The summed E-state index contributed by atoms with van der Waals surface area (Å²) in [6.07, 6.45) is 2.74. The second-order valence-electron chi connectivity index (χ2n) is 8.26. The second-order valence-corrected chi connectivity index (χ2v) is 9.31. The van der Waals surface area contributed by atoms with E-state index < -0.39 is 48.5 Å². The molecule has 4 amide bonds. The van der Waals surface area contributed by atoms with Crippen LogP contribution in [0.15, 0.2) is 36.4 Å². The monoisotopic (exact) mass is 499 g/mol. The molecule has 2 fully saturated rings. The quantitative estimate of drug-likeness (QED) is 0.422. The van der Waals surface area contributed by atoms with Crippen molar-refractivity contribution in [3.05, 3.63) is 41.3 Å². The fourth-order valence-corrected chi connectivity index (χ4v) is 5.23. The van der Waals surface area contributed by atoms with Crippen LogP contribution in [0.1, 0.15) is 42.3 Å². The van der Waals surface area contributed by atoms with Crippen molar-refractivity contribution >= 4 is 46.8 Å². The number of rotatable bonds is 8. The summed E-state index contributed by atoms with van der Waals surface area (Å²) in [6.45, 7) is 0.629. The normalized spacial score (nSPS) is 16.3. The van der Waals surface area contributed by atoms with Crippen molar-refractivity contribution in [2.45, 2.75) is 38.1 Å². The number of hydrogen-bond acceptors (Lipinski definition) is 8. The van der Waals surface area contributed by atoms with Crippen LogP contribution in [0.2, 0.25) is 0 Å². The van der Waals surface area contributed by atoms with Gasteiger partial charge in [-0.25, -0.2) is 9.59 Å². The average molecular weight is 500 g/mol. The molecule has 2 heterocycles. The molecule has 0 unspecified atom stereocenters. The Hall–Kier alpha value is -3.73. The number of carbonyl (C=O) groups is 5. The highest BCUT2D eigenvalue weighted by atomic mass is 32.1. The molecule has 1 aliphatic heterocycles. The van der Waals surface area contributed by atoms with E-state index in [-0.39, 0.29) is 17.2 Å². The van der Waals surface area contributed by atoms with Crippen molar-refractivity contribution in [3.8, 4) is 10.4 Å². The molecule has 1 saturated carbocycles. The van der Waals surface area contributed by atoms with Crippen LogP contribution in [0.3, 0.4) is 0 Å². The Kier molecular flexibility index (Phi) is 7.15. The molecule has 2 aliphatic rings. The summed E-state index contributed by atoms with van der Waals surface area (Å²) >= 11 is 1.17. The first-order valence-corrected chi connectivity index (χ1v) is 12.1. The van der Waals surface area contributed by atoms with Crippen LogP contribution in [0.5, 0.6) is 0 Å². The van der Waals surface area contributed by atoms with Crippen LogP contribution >= 0.6 is 11.3 Å². The van der Waals surface area contributed by atoms with Crippen LogP contribution in [0.25, 0.3) is 10.4 Å². The molecule has 2 N–H and O–H groups in total. The van der Waals surface area contributed by atoms with Gasteiger partial charge in [-0.15, -0.1) is 11.3 Å². The van der Waals surface area contributed by atoms with E-state index in [9.17, 15) is 24.0 Å². The number of benzene rings is 1. The first-order valence-electron chi connectivity index (χ1n) is 11.3. The van der Waals surface area contributed by atoms with Gasteiger partial charge in [-0.3, -0.25) is 19.3 Å². The van der Waals surface area contributed by atoms with Gasteiger partial charge in [-0.2, -0.15) is 0 Å². The highest BCUT2D eigenvalue weighted by Crippen LogP contribution is 2.36. The van der Waals surface area contributed by atoms with Crippen LogP contribution in [-0.4, -0.2) is 60.0 Å². The SMILES string of the molecule is CCOC(=O)c1sc(-c2ccccc2)cc1NC(=O)COC(=O)CN1C(=O)NC2(CCCC2)C1=O. The summed E-state index contributed by atoms with van der Waals surface area (Å²) in [4.78, 5) is 63.8. The highest BCUT2D eigenvalue weighted by Gasteiger charge is 2.52. The summed E-state index contributed by atoms with van der Waals surface area (Å²) in [6, 6.07) is 10.4. The van der Waals surface area contributed by atoms with E-state index in [1.165, 1.54) is 11.3 Å². The van der Waals surface area contributed by atoms with Gasteiger partial charge in [-0.1, -0.05) is 43.2 Å². The molecule has 1 spiro atoms. The zero-order chi connectivity index (χ0) is 25.0. The van der Waals surface area contributed by atoms with Gasteiger partial charge in [0.1, 0.15) is 17.0 Å². The number of carbonyl (C=O) groups excluding carboxylic acids is 5. The summed E-state index contributed by atoms with van der Waals surface area (Å²) in [5, 5.41) is 5.26. The van der Waals surface area contributed by atoms with Gasteiger partial charge in [0, 0.05) is 4.88 Å². The lowest BCUT2D eigenvalue weighted by Gasteiger charge is -2.19. The largest absolute Gasteiger partial charge is 0.462 e. The zero-order valence-electron chi connectivity index (χ0n) is 19.1. The Labute approximate surface area is 205 Å². The van der Waals surface area contributed by atoms with Gasteiger partial charge < -0.3 is 20.1 Å². The lowest BCUT2D eigenvalue weighted by molar-refractivity contribution is -0.150. The third-order valence-corrected chi connectivity index (χ3v) is 7.04. The maximum Gasteiger partial charge on any atom is 0.350 e. The molecule has 1 saturated heterocycles. The van der Waals surface area contributed by atoms with Gasteiger partial charge in [0.2, 0.25) is 0 Å². The fraction of sp³-hybridized carbons (Fsp3) is 0.375. The molecule has 1 aromatic heterocycles. The number of amides is 4. The Balaban J connectivity index is 1.37. The van der Waals surface area contributed by atoms with E-state index >= 15 is 0 Å². The molecule has 2 aromatic rings. The van der Waals surface area contributed by atoms with Gasteiger partial charge in [0.15, 0.2) is 6.61 Å². The van der Waals surface area contributed by atoms with E-state index in [0.717, 1.165) is 28.2 Å². The molecule has 10 nitrogen and oxygen atoms in total. The van der Waals surface area contributed by atoms with Gasteiger partial charge in [-0.05, 0) is 31.4 Å². The van der Waals surface area contributed by atoms with Crippen LogP contribution in [-0.2, 0) is 23.9 Å². The molecule has 35 heavy (non-hydrogen) atoms. The summed E-state index contributed by atoms with van der Waals surface area (Å²) in [7, 11) is 0. The zero-order valence-corrected chi connectivity index (χ0v) is 19.9. The summed E-state index contributed by atoms with van der Waals surface area (Å²) in [5.41, 5.74) is 0.183. The Bertz CT molecular complexity index is 1160. The molecule has 0 bridgehead atoms. The first kappa shape index (κ1) is 24.4. The number of anilines is 1. The van der Waals surface area contributed by atoms with Crippen LogP contribution in [0.4, 0.5) is 10.5 Å². The summed E-state index contributed by atoms with van der Waals surface area (Å²) < 4.78 is 10.1. The van der Waals surface area contributed by atoms with Crippen LogP contribution < -0.4 is 10.6 Å². The molecule has 0 radical (unpaired) electrons. The second kappa shape index (κ2) is 10.3. The van der Waals surface area contributed by atoms with Crippen molar-refractivity contribution < 1.29 is 33.4 Å². The number of hydrogen-bond donors (Lipinski definition) is 2. The Morgan fingerprint density at radius 1 is 1.11 bits per heavy atom. The van der Waals surface area contributed by atoms with E-state index in [1.54, 1.807) is 13.0 Å². The van der Waals surface area contributed by atoms with E-state index in [1.807, 2.05) is 30.3 Å². The van der Waals surface area contributed by atoms with Crippen molar-refractivity contribution in [2.24, 2.45) is 0 Å². The number of nitrogens with one attached hydrogen (secondary N) is 2. The van der Waals surface area contributed by atoms with Gasteiger partial charge in [0.05, 0.1) is 12.3 Å². The van der Waals surface area contributed by atoms with E-state index in [0.29, 0.717) is 12.8 Å². The predicted molar refractivity (Wildman–Crippen MR) is 127 cm³/mol. The minimum atomic E-state index is -0.923. The maximum absolute atomic E-state index is 12.6. The minimum Gasteiger partial charge on any atom is -0.462 e. The molecule has 1 aliphatic carbocycles. The van der Waals surface area contributed by atoms with Crippen molar-refractivity contribution in [3.63, 3.8) is 0 Å². The number of ether oxygens (including phenoxy) is 2. The van der Waals surface area contributed by atoms with Gasteiger partial charge in [0.25, 0.3) is 11.8 Å². The molecule has 0 atom stereocenters. The number of esters is 2. The lowest BCUT2D eigenvalue weighted by Crippen LogP contribution is -2.44. The standard InChI is InChI=1S/C24H25N3O7S/c1-2-33-21(30)20-16(12-17(35-20)15-8-4-3-5-9-15)25-18(28)14-34-19(29)13-27-22(31)24(26-23(27)32)10-6-7-11-24/h3-5,8-9,12H,2,6-7,10-11,13-14H2,1H3,(H,25,28)(H,26,32). The third-order valence-electron chi connectivity index (χ3n) is 5.88. The lowest BCUT2D eigenvalue weighted by atomic mass is 9.98. The number of urea groups is 1. The van der Waals surface area contributed by atoms with Gasteiger partial charge >= 0.3 is 18.0 Å². The first-order chi connectivity index (χ1) is 16.8. The average Bonchev–Trinajstić information content (AvgIpc) is 3.54. The molecular weight excluding hydrogens is 474 g/mol. The molecule has 1 aromatic carbocycles. The third kappa shape index (κ3) is 5.19. The fourth-order valence-electron chi connectivity index (χ4n) is 4.22. The molecule has 11 heteroatoms. The number of thiophene rings is 1. The molecule has 4 rings (SSSR count).